The third kappa shape index (κ3) is 11.8. The Kier molecular flexibility index (Phi) is 16.3. The molecule has 29 heavy (non-hydrogen) atoms. The predicted molar refractivity (Wildman–Crippen MR) is 129 cm³/mol. The maximum absolute atomic E-state index is 3.59. The molecule has 0 spiro atoms. The number of H-pyrrole nitrogens is 1. The maximum atomic E-state index is 3.59. The van der Waals surface area contributed by atoms with Gasteiger partial charge in [-0.1, -0.05) is 111 Å². The van der Waals surface area contributed by atoms with E-state index in [4.69, 9.17) is 0 Å². The molecule has 0 aromatic carbocycles. The number of imidazole rings is 1. The standard InChI is InChI=1S/C27H52N2/c1-5-8-10-12-13-14-15-16-18-19-21-25(4)29-24-23-28-27(29)26(7-3)22-20-17-11-9-6-2/h23-26H,5-22H2,1-4H3/p+1. The van der Waals surface area contributed by atoms with Crippen LogP contribution in [0, 0.1) is 0 Å². The van der Waals surface area contributed by atoms with Crippen molar-refractivity contribution in [2.45, 2.75) is 155 Å². The van der Waals surface area contributed by atoms with Crippen LogP contribution in [0.5, 0.6) is 0 Å². The van der Waals surface area contributed by atoms with Gasteiger partial charge in [0.2, 0.25) is 0 Å². The summed E-state index contributed by atoms with van der Waals surface area (Å²) in [6, 6.07) is 0.624. The van der Waals surface area contributed by atoms with Gasteiger partial charge in [-0.15, -0.1) is 0 Å². The number of unbranched alkanes of at least 4 members (excludes halogenated alkanes) is 13. The SMILES string of the molecule is CCCCCCCCCCCCC(C)[n+]1cc[nH]c1C(CC)CCCCCCC. The molecule has 0 aliphatic heterocycles. The normalized spacial score (nSPS) is 13.7. The average Bonchev–Trinajstić information content (AvgIpc) is 3.21. The van der Waals surface area contributed by atoms with E-state index in [2.05, 4.69) is 49.6 Å². The molecule has 170 valence electrons. The lowest BCUT2D eigenvalue weighted by atomic mass is 9.96. The first kappa shape index (κ1) is 26.2. The lowest BCUT2D eigenvalue weighted by molar-refractivity contribution is -0.727. The van der Waals surface area contributed by atoms with E-state index in [9.17, 15) is 0 Å². The quantitative estimate of drug-likeness (QED) is 0.165. The fourth-order valence-electron chi connectivity index (χ4n) is 4.67. The Balaban J connectivity index is 2.24. The fraction of sp³-hybridized carbons (Fsp3) is 0.889. The minimum atomic E-state index is 0.624. The molecular weight excluding hydrogens is 352 g/mol. The Bertz CT molecular complexity index is 465. The summed E-state index contributed by atoms with van der Waals surface area (Å²) >= 11 is 0. The number of hydrogen-bond donors (Lipinski definition) is 1. The van der Waals surface area contributed by atoms with Gasteiger partial charge in [0, 0.05) is 0 Å². The van der Waals surface area contributed by atoms with Crippen molar-refractivity contribution in [3.63, 3.8) is 0 Å². The van der Waals surface area contributed by atoms with Crippen LogP contribution in [0.3, 0.4) is 0 Å². The van der Waals surface area contributed by atoms with E-state index < -0.39 is 0 Å². The van der Waals surface area contributed by atoms with Gasteiger partial charge in [-0.05, 0) is 32.6 Å². The number of aromatic nitrogens is 2. The highest BCUT2D eigenvalue weighted by molar-refractivity contribution is 4.89. The van der Waals surface area contributed by atoms with Crippen LogP contribution in [0.1, 0.15) is 161 Å². The van der Waals surface area contributed by atoms with E-state index in [1.54, 1.807) is 0 Å². The fourth-order valence-corrected chi connectivity index (χ4v) is 4.67. The second-order valence-corrected chi connectivity index (χ2v) is 9.38. The molecule has 2 heteroatoms. The van der Waals surface area contributed by atoms with E-state index in [0.29, 0.717) is 12.0 Å². The third-order valence-electron chi connectivity index (χ3n) is 6.73. The van der Waals surface area contributed by atoms with Crippen LogP contribution < -0.4 is 4.57 Å². The van der Waals surface area contributed by atoms with Gasteiger partial charge in [-0.3, -0.25) is 0 Å². The molecule has 0 bridgehead atoms. The van der Waals surface area contributed by atoms with Gasteiger partial charge in [0.05, 0.1) is 12.0 Å². The smallest absolute Gasteiger partial charge is 0.247 e. The highest BCUT2D eigenvalue weighted by atomic mass is 15.1. The van der Waals surface area contributed by atoms with Crippen molar-refractivity contribution in [1.29, 1.82) is 0 Å². The van der Waals surface area contributed by atoms with E-state index >= 15 is 0 Å². The van der Waals surface area contributed by atoms with Crippen LogP contribution in [0.25, 0.3) is 0 Å². The first-order valence-corrected chi connectivity index (χ1v) is 13.3. The van der Waals surface area contributed by atoms with Crippen molar-refractivity contribution in [2.75, 3.05) is 0 Å². The van der Waals surface area contributed by atoms with Crippen molar-refractivity contribution in [2.24, 2.45) is 0 Å². The van der Waals surface area contributed by atoms with Gasteiger partial charge < -0.3 is 0 Å². The molecule has 0 aliphatic carbocycles. The minimum absolute atomic E-state index is 0.624. The zero-order valence-corrected chi connectivity index (χ0v) is 20.5. The van der Waals surface area contributed by atoms with Crippen LogP contribution >= 0.6 is 0 Å². The van der Waals surface area contributed by atoms with Crippen LogP contribution in [0.2, 0.25) is 0 Å². The van der Waals surface area contributed by atoms with Crippen LogP contribution in [0.15, 0.2) is 12.4 Å². The largest absolute Gasteiger partial charge is 0.257 e. The second kappa shape index (κ2) is 18.0. The van der Waals surface area contributed by atoms with E-state index in [1.807, 2.05) is 0 Å². The highest BCUT2D eigenvalue weighted by Gasteiger charge is 2.24. The molecule has 2 nitrogen and oxygen atoms in total. The number of aromatic amines is 1. The van der Waals surface area contributed by atoms with Crippen LogP contribution in [0.4, 0.5) is 0 Å². The summed E-state index contributed by atoms with van der Waals surface area (Å²) < 4.78 is 2.55. The lowest BCUT2D eigenvalue weighted by Gasteiger charge is -2.16. The van der Waals surface area contributed by atoms with Gasteiger partial charge in [0.15, 0.2) is 0 Å². The second-order valence-electron chi connectivity index (χ2n) is 9.38. The topological polar surface area (TPSA) is 19.7 Å². The molecule has 0 saturated heterocycles. The molecule has 0 aliphatic rings. The van der Waals surface area contributed by atoms with Gasteiger partial charge in [0.1, 0.15) is 12.4 Å². The number of nitrogens with one attached hydrogen (secondary N) is 1. The minimum Gasteiger partial charge on any atom is -0.247 e. The molecule has 2 unspecified atom stereocenters. The lowest BCUT2D eigenvalue weighted by Crippen LogP contribution is -2.41. The number of nitrogens with zero attached hydrogens (tertiary/aromatic N) is 1. The molecule has 1 rings (SSSR count). The van der Waals surface area contributed by atoms with E-state index in [0.717, 1.165) is 0 Å². The Hall–Kier alpha value is -0.790. The van der Waals surface area contributed by atoms with Crippen molar-refractivity contribution in [1.82, 2.24) is 4.98 Å². The van der Waals surface area contributed by atoms with E-state index in [1.165, 1.54) is 121 Å². The maximum Gasteiger partial charge on any atom is 0.257 e. The first-order chi connectivity index (χ1) is 14.2. The van der Waals surface area contributed by atoms with E-state index in [-0.39, 0.29) is 0 Å². The highest BCUT2D eigenvalue weighted by Crippen LogP contribution is 2.24. The van der Waals surface area contributed by atoms with Crippen molar-refractivity contribution in [3.8, 4) is 0 Å². The summed E-state index contributed by atoms with van der Waals surface area (Å²) in [5.41, 5.74) is 0. The summed E-state index contributed by atoms with van der Waals surface area (Å²) in [7, 11) is 0. The molecule has 1 heterocycles. The Morgan fingerprint density at radius 1 is 0.690 bits per heavy atom. The predicted octanol–water partition coefficient (Wildman–Crippen LogP) is 9.03. The molecule has 0 saturated carbocycles. The van der Waals surface area contributed by atoms with Crippen molar-refractivity contribution in [3.05, 3.63) is 18.2 Å². The van der Waals surface area contributed by atoms with Gasteiger partial charge >= 0.3 is 0 Å². The summed E-state index contributed by atoms with van der Waals surface area (Å²) in [4.78, 5) is 3.59. The number of hydrogen-bond acceptors (Lipinski definition) is 0. The number of rotatable bonds is 20. The average molecular weight is 406 g/mol. The zero-order chi connectivity index (χ0) is 21.2. The summed E-state index contributed by atoms with van der Waals surface area (Å²) in [5.74, 6) is 2.17. The Labute approximate surface area is 183 Å². The van der Waals surface area contributed by atoms with Crippen LogP contribution in [-0.2, 0) is 0 Å². The van der Waals surface area contributed by atoms with Gasteiger partial charge in [-0.2, -0.15) is 0 Å². The molecule has 1 N–H and O–H groups in total. The summed E-state index contributed by atoms with van der Waals surface area (Å²) in [5, 5.41) is 0. The third-order valence-corrected chi connectivity index (χ3v) is 6.73. The van der Waals surface area contributed by atoms with Crippen molar-refractivity contribution >= 4 is 0 Å². The molecule has 2 atom stereocenters. The summed E-state index contributed by atoms with van der Waals surface area (Å²) in [6.45, 7) is 9.37. The molecular formula is C27H53N2+. The molecule has 0 amide bonds. The first-order valence-electron chi connectivity index (χ1n) is 13.3. The molecule has 0 fully saturated rings. The Morgan fingerprint density at radius 3 is 1.69 bits per heavy atom. The Morgan fingerprint density at radius 2 is 1.17 bits per heavy atom. The molecule has 1 aromatic heterocycles. The van der Waals surface area contributed by atoms with Crippen LogP contribution in [-0.4, -0.2) is 4.98 Å². The van der Waals surface area contributed by atoms with Crippen molar-refractivity contribution < 1.29 is 4.57 Å². The summed E-state index contributed by atoms with van der Waals surface area (Å²) in [6.07, 6.45) is 29.5. The molecule has 1 aromatic rings. The van der Waals surface area contributed by atoms with Gasteiger partial charge in [0.25, 0.3) is 5.82 Å². The monoisotopic (exact) mass is 405 g/mol. The zero-order valence-electron chi connectivity index (χ0n) is 20.5. The van der Waals surface area contributed by atoms with Gasteiger partial charge in [-0.25, -0.2) is 9.55 Å². The molecule has 0 radical (unpaired) electrons.